The Labute approximate surface area is 128 Å². The standard InChI is InChI=1S/C17H28N2O2/c1-5-10-19(11-6-2)17(20)18-9-12-21-16-8-7-14(3)15(4)13-16/h7-8,13H,5-6,9-12H2,1-4H3,(H,18,20). The summed E-state index contributed by atoms with van der Waals surface area (Å²) in [7, 11) is 0. The van der Waals surface area contributed by atoms with E-state index in [0.29, 0.717) is 13.2 Å². The molecule has 0 aliphatic carbocycles. The second kappa shape index (κ2) is 9.27. The fourth-order valence-corrected chi connectivity index (χ4v) is 2.10. The highest BCUT2D eigenvalue weighted by atomic mass is 16.5. The highest BCUT2D eigenvalue weighted by molar-refractivity contribution is 5.74. The first-order valence-electron chi connectivity index (χ1n) is 7.81. The van der Waals surface area contributed by atoms with Gasteiger partial charge in [-0.15, -0.1) is 0 Å². The van der Waals surface area contributed by atoms with E-state index in [1.165, 1.54) is 11.1 Å². The summed E-state index contributed by atoms with van der Waals surface area (Å²) in [6, 6.07) is 6.04. The SMILES string of the molecule is CCCN(CCC)C(=O)NCCOc1ccc(C)c(C)c1. The molecule has 0 saturated carbocycles. The van der Waals surface area contributed by atoms with Gasteiger partial charge in [-0.3, -0.25) is 0 Å². The van der Waals surface area contributed by atoms with Gasteiger partial charge in [-0.05, 0) is 49.9 Å². The first kappa shape index (κ1) is 17.3. The van der Waals surface area contributed by atoms with E-state index in [2.05, 4.69) is 33.0 Å². The van der Waals surface area contributed by atoms with Crippen LogP contribution in [0, 0.1) is 13.8 Å². The first-order chi connectivity index (χ1) is 10.1. The fourth-order valence-electron chi connectivity index (χ4n) is 2.10. The highest BCUT2D eigenvalue weighted by Gasteiger charge is 2.10. The summed E-state index contributed by atoms with van der Waals surface area (Å²) in [4.78, 5) is 13.8. The maximum atomic E-state index is 12.0. The van der Waals surface area contributed by atoms with Gasteiger partial charge in [0.25, 0.3) is 0 Å². The zero-order chi connectivity index (χ0) is 15.7. The van der Waals surface area contributed by atoms with Gasteiger partial charge in [0.05, 0.1) is 6.54 Å². The average Bonchev–Trinajstić information content (AvgIpc) is 2.46. The molecule has 0 fully saturated rings. The maximum absolute atomic E-state index is 12.0. The molecule has 2 amide bonds. The predicted molar refractivity (Wildman–Crippen MR) is 87.0 cm³/mol. The second-order valence-electron chi connectivity index (χ2n) is 5.31. The smallest absolute Gasteiger partial charge is 0.317 e. The molecule has 4 nitrogen and oxygen atoms in total. The molecule has 1 aromatic carbocycles. The van der Waals surface area contributed by atoms with Crippen LogP contribution in [-0.2, 0) is 0 Å². The molecule has 0 heterocycles. The normalized spacial score (nSPS) is 10.3. The highest BCUT2D eigenvalue weighted by Crippen LogP contribution is 2.15. The van der Waals surface area contributed by atoms with E-state index >= 15 is 0 Å². The number of carbonyl (C=O) groups is 1. The van der Waals surface area contributed by atoms with Crippen LogP contribution >= 0.6 is 0 Å². The lowest BCUT2D eigenvalue weighted by molar-refractivity contribution is 0.194. The third-order valence-corrected chi connectivity index (χ3v) is 3.40. The van der Waals surface area contributed by atoms with Gasteiger partial charge in [0.2, 0.25) is 0 Å². The van der Waals surface area contributed by atoms with Crippen LogP contribution in [0.15, 0.2) is 18.2 Å². The second-order valence-corrected chi connectivity index (χ2v) is 5.31. The zero-order valence-corrected chi connectivity index (χ0v) is 13.7. The molecule has 4 heteroatoms. The Kier molecular flexibility index (Phi) is 7.65. The van der Waals surface area contributed by atoms with Gasteiger partial charge in [0.1, 0.15) is 12.4 Å². The summed E-state index contributed by atoms with van der Waals surface area (Å²) < 4.78 is 5.66. The molecule has 0 bridgehead atoms. The lowest BCUT2D eigenvalue weighted by Gasteiger charge is -2.21. The molecule has 0 unspecified atom stereocenters. The summed E-state index contributed by atoms with van der Waals surface area (Å²) in [6.45, 7) is 10.9. The molecule has 118 valence electrons. The topological polar surface area (TPSA) is 41.6 Å². The Bertz CT molecular complexity index is 440. The first-order valence-corrected chi connectivity index (χ1v) is 7.81. The van der Waals surface area contributed by atoms with Crippen molar-refractivity contribution in [2.45, 2.75) is 40.5 Å². The van der Waals surface area contributed by atoms with E-state index in [0.717, 1.165) is 31.7 Å². The molecule has 1 rings (SSSR count). The number of nitrogens with one attached hydrogen (secondary N) is 1. The van der Waals surface area contributed by atoms with E-state index < -0.39 is 0 Å². The van der Waals surface area contributed by atoms with Crippen LogP contribution in [0.1, 0.15) is 37.8 Å². The number of hydrogen-bond donors (Lipinski definition) is 1. The lowest BCUT2D eigenvalue weighted by atomic mass is 10.1. The molecule has 0 aliphatic rings. The van der Waals surface area contributed by atoms with Crippen molar-refractivity contribution < 1.29 is 9.53 Å². The minimum atomic E-state index is 0.00221. The molecule has 1 N–H and O–H groups in total. The molecule has 0 aliphatic heterocycles. The molecule has 1 aromatic rings. The number of benzene rings is 1. The number of urea groups is 1. The van der Waals surface area contributed by atoms with Crippen LogP contribution in [-0.4, -0.2) is 37.2 Å². The summed E-state index contributed by atoms with van der Waals surface area (Å²) in [5.41, 5.74) is 2.47. The molecule has 0 spiro atoms. The van der Waals surface area contributed by atoms with E-state index in [-0.39, 0.29) is 6.03 Å². The molecular weight excluding hydrogens is 264 g/mol. The van der Waals surface area contributed by atoms with Crippen LogP contribution in [0.25, 0.3) is 0 Å². The van der Waals surface area contributed by atoms with E-state index in [1.54, 1.807) is 0 Å². The van der Waals surface area contributed by atoms with Crippen molar-refractivity contribution in [3.8, 4) is 5.75 Å². The summed E-state index contributed by atoms with van der Waals surface area (Å²) in [6.07, 6.45) is 1.96. The largest absolute Gasteiger partial charge is 0.492 e. The summed E-state index contributed by atoms with van der Waals surface area (Å²) in [5.74, 6) is 0.853. The monoisotopic (exact) mass is 292 g/mol. The van der Waals surface area contributed by atoms with Crippen molar-refractivity contribution in [3.05, 3.63) is 29.3 Å². The molecule has 0 atom stereocenters. The lowest BCUT2D eigenvalue weighted by Crippen LogP contribution is -2.42. The third-order valence-electron chi connectivity index (χ3n) is 3.40. The van der Waals surface area contributed by atoms with Crippen molar-refractivity contribution >= 4 is 6.03 Å². The van der Waals surface area contributed by atoms with Crippen molar-refractivity contribution in [1.82, 2.24) is 10.2 Å². The number of ether oxygens (including phenoxy) is 1. The van der Waals surface area contributed by atoms with Gasteiger partial charge in [-0.25, -0.2) is 4.79 Å². The number of rotatable bonds is 8. The Balaban J connectivity index is 2.32. The zero-order valence-electron chi connectivity index (χ0n) is 13.7. The van der Waals surface area contributed by atoms with Crippen LogP contribution in [0.4, 0.5) is 4.79 Å². The van der Waals surface area contributed by atoms with Crippen molar-refractivity contribution in [1.29, 1.82) is 0 Å². The third kappa shape index (κ3) is 6.06. The van der Waals surface area contributed by atoms with Gasteiger partial charge in [-0.1, -0.05) is 19.9 Å². The molecule has 0 saturated heterocycles. The van der Waals surface area contributed by atoms with Crippen molar-refractivity contribution in [2.24, 2.45) is 0 Å². The van der Waals surface area contributed by atoms with Crippen molar-refractivity contribution in [3.63, 3.8) is 0 Å². The fraction of sp³-hybridized carbons (Fsp3) is 0.588. The van der Waals surface area contributed by atoms with Gasteiger partial charge in [0, 0.05) is 13.1 Å². The van der Waals surface area contributed by atoms with Gasteiger partial charge < -0.3 is 15.0 Å². The van der Waals surface area contributed by atoms with E-state index in [4.69, 9.17) is 4.74 Å². The van der Waals surface area contributed by atoms with E-state index in [9.17, 15) is 4.79 Å². The summed E-state index contributed by atoms with van der Waals surface area (Å²) >= 11 is 0. The average molecular weight is 292 g/mol. The van der Waals surface area contributed by atoms with Crippen molar-refractivity contribution in [2.75, 3.05) is 26.2 Å². The van der Waals surface area contributed by atoms with Crippen LogP contribution in [0.5, 0.6) is 5.75 Å². The number of amides is 2. The molecule has 0 aromatic heterocycles. The molecular formula is C17H28N2O2. The quantitative estimate of drug-likeness (QED) is 0.745. The van der Waals surface area contributed by atoms with Gasteiger partial charge in [0.15, 0.2) is 0 Å². The molecule has 0 radical (unpaired) electrons. The number of hydrogen-bond acceptors (Lipinski definition) is 2. The minimum absolute atomic E-state index is 0.00221. The van der Waals surface area contributed by atoms with Gasteiger partial charge in [-0.2, -0.15) is 0 Å². The number of carbonyl (C=O) groups excluding carboxylic acids is 1. The van der Waals surface area contributed by atoms with Crippen LogP contribution < -0.4 is 10.1 Å². The minimum Gasteiger partial charge on any atom is -0.492 e. The Hall–Kier alpha value is -1.71. The van der Waals surface area contributed by atoms with Crippen LogP contribution in [0.3, 0.4) is 0 Å². The number of nitrogens with zero attached hydrogens (tertiary/aromatic N) is 1. The van der Waals surface area contributed by atoms with Gasteiger partial charge >= 0.3 is 6.03 Å². The Morgan fingerprint density at radius 3 is 2.38 bits per heavy atom. The summed E-state index contributed by atoms with van der Waals surface area (Å²) in [5, 5.41) is 2.91. The van der Waals surface area contributed by atoms with E-state index in [1.807, 2.05) is 23.1 Å². The Morgan fingerprint density at radius 1 is 1.14 bits per heavy atom. The molecule has 21 heavy (non-hydrogen) atoms. The van der Waals surface area contributed by atoms with Crippen LogP contribution in [0.2, 0.25) is 0 Å². The maximum Gasteiger partial charge on any atom is 0.317 e. The predicted octanol–water partition coefficient (Wildman–Crippen LogP) is 3.51. The number of aryl methyl sites for hydroxylation is 2. The Morgan fingerprint density at radius 2 is 1.81 bits per heavy atom.